The van der Waals surface area contributed by atoms with Crippen LogP contribution in [-0.4, -0.2) is 25.4 Å². The lowest BCUT2D eigenvalue weighted by Crippen LogP contribution is -2.15. The Labute approximate surface area is 144 Å². The van der Waals surface area contributed by atoms with E-state index in [4.69, 9.17) is 10.9 Å². The zero-order valence-electron chi connectivity index (χ0n) is 12.8. The van der Waals surface area contributed by atoms with Crippen LogP contribution in [0.3, 0.4) is 0 Å². The van der Waals surface area contributed by atoms with Gasteiger partial charge in [-0.2, -0.15) is 0 Å². The molecule has 0 aliphatic heterocycles. The predicted molar refractivity (Wildman–Crippen MR) is 91.2 cm³/mol. The quantitative estimate of drug-likeness (QED) is 0.347. The van der Waals surface area contributed by atoms with Crippen molar-refractivity contribution in [2.45, 2.75) is 4.90 Å². The molecule has 130 valence electrons. The van der Waals surface area contributed by atoms with Gasteiger partial charge < -0.3 is 5.73 Å². The van der Waals surface area contributed by atoms with E-state index < -0.39 is 21.8 Å². The van der Waals surface area contributed by atoms with E-state index in [1.54, 1.807) is 6.07 Å². The molecule has 2 aromatic rings. The van der Waals surface area contributed by atoms with Crippen LogP contribution in [0.4, 0.5) is 5.69 Å². The first-order valence-electron chi connectivity index (χ1n) is 6.97. The van der Waals surface area contributed by atoms with Crippen LogP contribution in [0.1, 0.15) is 15.9 Å². The van der Waals surface area contributed by atoms with Crippen LogP contribution in [0.2, 0.25) is 0 Å². The van der Waals surface area contributed by atoms with E-state index in [1.165, 1.54) is 54.0 Å². The number of amides is 2. The lowest BCUT2D eigenvalue weighted by atomic mass is 10.2. The maximum Gasteiger partial charge on any atom is 0.267 e. The number of anilines is 1. The smallest absolute Gasteiger partial charge is 0.267 e. The third kappa shape index (κ3) is 4.90. The topological polar surface area (TPSA) is 139 Å². The Kier molecular flexibility index (Phi) is 5.52. The van der Waals surface area contributed by atoms with Gasteiger partial charge in [-0.3, -0.25) is 19.5 Å². The Morgan fingerprint density at radius 2 is 1.80 bits per heavy atom. The van der Waals surface area contributed by atoms with Crippen molar-refractivity contribution in [3.8, 4) is 0 Å². The molecule has 0 bridgehead atoms. The molecule has 0 aliphatic carbocycles. The van der Waals surface area contributed by atoms with Crippen LogP contribution in [0.25, 0.3) is 6.08 Å². The Morgan fingerprint density at radius 3 is 2.48 bits per heavy atom. The first kappa shape index (κ1) is 18.2. The van der Waals surface area contributed by atoms with Crippen LogP contribution in [-0.2, 0) is 14.8 Å². The summed E-state index contributed by atoms with van der Waals surface area (Å²) in [6.07, 6.45) is 2.40. The molecule has 0 spiro atoms. The molecular formula is C16H15N3O5S. The molecule has 0 saturated heterocycles. The van der Waals surface area contributed by atoms with Crippen LogP contribution >= 0.6 is 0 Å². The number of carbonyl (C=O) groups is 2. The molecule has 5 N–H and O–H groups in total. The summed E-state index contributed by atoms with van der Waals surface area (Å²) in [6.45, 7) is 0. The molecular weight excluding hydrogens is 346 g/mol. The highest BCUT2D eigenvalue weighted by Gasteiger charge is 2.15. The van der Waals surface area contributed by atoms with Gasteiger partial charge in [0, 0.05) is 17.3 Å². The summed E-state index contributed by atoms with van der Waals surface area (Å²) in [5, 5.41) is 8.43. The molecule has 0 aromatic heterocycles. The third-order valence-corrected chi connectivity index (χ3v) is 4.48. The summed E-state index contributed by atoms with van der Waals surface area (Å²) in [6, 6.07) is 11.6. The molecule has 0 unspecified atom stereocenters. The van der Waals surface area contributed by atoms with E-state index in [1.807, 2.05) is 0 Å². The molecule has 9 heteroatoms. The summed E-state index contributed by atoms with van der Waals surface area (Å²) in [7, 11) is -3.91. The summed E-state index contributed by atoms with van der Waals surface area (Å²) >= 11 is 0. The average molecular weight is 361 g/mol. The van der Waals surface area contributed by atoms with Gasteiger partial charge in [0.2, 0.25) is 5.91 Å². The molecule has 0 saturated carbocycles. The van der Waals surface area contributed by atoms with Crippen molar-refractivity contribution in [1.29, 1.82) is 0 Å². The monoisotopic (exact) mass is 361 g/mol. The van der Waals surface area contributed by atoms with Gasteiger partial charge in [0.1, 0.15) is 0 Å². The van der Waals surface area contributed by atoms with Gasteiger partial charge in [-0.15, -0.1) is 0 Å². The average Bonchev–Trinajstić information content (AvgIpc) is 2.59. The first-order chi connectivity index (χ1) is 11.8. The van der Waals surface area contributed by atoms with Crippen molar-refractivity contribution in [3.63, 3.8) is 0 Å². The Morgan fingerprint density at radius 1 is 1.08 bits per heavy atom. The minimum Gasteiger partial charge on any atom is -0.366 e. The first-order valence-corrected chi connectivity index (χ1v) is 8.45. The molecule has 2 aromatic carbocycles. The SMILES string of the molecule is NC(=O)c1cccc(NS(=O)(=O)c2cccc(/C=C/C(=O)NO)c2)c1. The van der Waals surface area contributed by atoms with E-state index in [0.717, 1.165) is 6.08 Å². The van der Waals surface area contributed by atoms with Crippen molar-refractivity contribution in [1.82, 2.24) is 5.48 Å². The Hall–Kier alpha value is -3.17. The Balaban J connectivity index is 2.28. The number of nitrogens with two attached hydrogens (primary N) is 1. The third-order valence-electron chi connectivity index (χ3n) is 3.11. The zero-order chi connectivity index (χ0) is 18.4. The minimum absolute atomic E-state index is 0.0384. The van der Waals surface area contributed by atoms with Crippen molar-refractivity contribution >= 4 is 33.6 Å². The highest BCUT2D eigenvalue weighted by Crippen LogP contribution is 2.18. The molecule has 0 atom stereocenters. The largest absolute Gasteiger partial charge is 0.366 e. The number of benzene rings is 2. The fraction of sp³-hybridized carbons (Fsp3) is 0. The second-order valence-corrected chi connectivity index (χ2v) is 6.61. The highest BCUT2D eigenvalue weighted by atomic mass is 32.2. The van der Waals surface area contributed by atoms with Crippen molar-refractivity contribution in [2.24, 2.45) is 5.73 Å². The summed E-state index contributed by atoms with van der Waals surface area (Å²) < 4.78 is 27.3. The second-order valence-electron chi connectivity index (χ2n) is 4.93. The van der Waals surface area contributed by atoms with Gasteiger partial charge >= 0.3 is 0 Å². The lowest BCUT2D eigenvalue weighted by molar-refractivity contribution is -0.124. The van der Waals surface area contributed by atoms with Crippen LogP contribution < -0.4 is 15.9 Å². The normalized spacial score (nSPS) is 11.2. The predicted octanol–water partition coefficient (Wildman–Crippen LogP) is 1.10. The molecule has 0 radical (unpaired) electrons. The van der Waals surface area contributed by atoms with Crippen LogP contribution in [0.5, 0.6) is 0 Å². The Bertz CT molecular complexity index is 938. The summed E-state index contributed by atoms with van der Waals surface area (Å²) in [5.41, 5.74) is 7.41. The fourth-order valence-electron chi connectivity index (χ4n) is 1.94. The fourth-order valence-corrected chi connectivity index (χ4v) is 3.05. The number of hydrogen-bond acceptors (Lipinski definition) is 5. The number of hydroxylamine groups is 1. The van der Waals surface area contributed by atoms with Gasteiger partial charge in [0.15, 0.2) is 0 Å². The molecule has 0 aliphatic rings. The highest BCUT2D eigenvalue weighted by molar-refractivity contribution is 7.92. The van der Waals surface area contributed by atoms with E-state index >= 15 is 0 Å². The van der Waals surface area contributed by atoms with Gasteiger partial charge in [-0.05, 0) is 42.0 Å². The summed E-state index contributed by atoms with van der Waals surface area (Å²) in [5.74, 6) is -1.41. The van der Waals surface area contributed by atoms with Crippen molar-refractivity contribution in [2.75, 3.05) is 4.72 Å². The molecule has 0 fully saturated rings. The summed E-state index contributed by atoms with van der Waals surface area (Å²) in [4.78, 5) is 22.1. The number of primary amides is 1. The van der Waals surface area contributed by atoms with Crippen molar-refractivity contribution in [3.05, 3.63) is 65.7 Å². The van der Waals surface area contributed by atoms with E-state index in [0.29, 0.717) is 5.56 Å². The van der Waals surface area contributed by atoms with Gasteiger partial charge in [0.05, 0.1) is 4.90 Å². The number of rotatable bonds is 6. The number of hydrogen-bond donors (Lipinski definition) is 4. The standard InChI is InChI=1S/C16H15N3O5S/c17-16(21)12-4-2-5-13(10-12)19-25(23,24)14-6-1-3-11(9-14)7-8-15(20)18-22/h1-10,19,22H,(H2,17,21)(H,18,20)/b8-7+. The van der Waals surface area contributed by atoms with Crippen LogP contribution in [0, 0.1) is 0 Å². The van der Waals surface area contributed by atoms with Crippen molar-refractivity contribution < 1.29 is 23.2 Å². The zero-order valence-corrected chi connectivity index (χ0v) is 13.7. The molecule has 25 heavy (non-hydrogen) atoms. The van der Waals surface area contributed by atoms with Gasteiger partial charge in [0.25, 0.3) is 15.9 Å². The van der Waals surface area contributed by atoms with E-state index in [2.05, 4.69) is 4.72 Å². The molecule has 0 heterocycles. The minimum atomic E-state index is -3.91. The van der Waals surface area contributed by atoms with Gasteiger partial charge in [-0.25, -0.2) is 13.9 Å². The van der Waals surface area contributed by atoms with Crippen LogP contribution in [0.15, 0.2) is 59.5 Å². The number of nitrogens with one attached hydrogen (secondary N) is 2. The van der Waals surface area contributed by atoms with Gasteiger partial charge in [-0.1, -0.05) is 18.2 Å². The maximum atomic E-state index is 12.5. The maximum absolute atomic E-state index is 12.5. The molecule has 8 nitrogen and oxygen atoms in total. The molecule has 2 rings (SSSR count). The lowest BCUT2D eigenvalue weighted by Gasteiger charge is -2.09. The second kappa shape index (κ2) is 7.60. The van der Waals surface area contributed by atoms with E-state index in [-0.39, 0.29) is 16.1 Å². The number of carbonyl (C=O) groups excluding carboxylic acids is 2. The number of sulfonamides is 1. The van der Waals surface area contributed by atoms with E-state index in [9.17, 15) is 18.0 Å². The molecule has 2 amide bonds.